The Morgan fingerprint density at radius 2 is 1.75 bits per heavy atom. The molecule has 1 unspecified atom stereocenters. The van der Waals surface area contributed by atoms with E-state index in [2.05, 4.69) is 71.1 Å². The van der Waals surface area contributed by atoms with Crippen molar-refractivity contribution in [3.05, 3.63) is 119 Å². The Kier molecular flexibility index (Phi) is 8.24. The van der Waals surface area contributed by atoms with E-state index in [1.165, 1.54) is 11.1 Å². The highest BCUT2D eigenvalue weighted by Crippen LogP contribution is 2.32. The van der Waals surface area contributed by atoms with Crippen LogP contribution in [0, 0.1) is 6.92 Å². The first-order chi connectivity index (χ1) is 23.6. The zero-order valence-electron chi connectivity index (χ0n) is 27.3. The Morgan fingerprint density at radius 3 is 2.62 bits per heavy atom. The number of hydrogen-bond acceptors (Lipinski definition) is 7. The van der Waals surface area contributed by atoms with Crippen LogP contribution in [0.25, 0.3) is 33.4 Å². The van der Waals surface area contributed by atoms with Gasteiger partial charge in [0.1, 0.15) is 18.2 Å². The predicted octanol–water partition coefficient (Wildman–Crippen LogP) is 7.76. The van der Waals surface area contributed by atoms with Crippen LogP contribution in [0.4, 0.5) is 0 Å². The number of hydrogen-bond donors (Lipinski definition) is 0. The Morgan fingerprint density at radius 1 is 0.854 bits per heavy atom. The number of fused-ring (bicyclic) bond motifs is 7. The van der Waals surface area contributed by atoms with Gasteiger partial charge in [0.2, 0.25) is 11.8 Å². The number of pyridine rings is 2. The lowest BCUT2D eigenvalue weighted by molar-refractivity contribution is -0.0589. The zero-order valence-corrected chi connectivity index (χ0v) is 27.3. The standard InChI is InChI=1S/C40H38N4O4/c1-26-8-13-35-36(19-26)44(24-33-15-18-46-33)38(42-35)22-31-11-10-30-21-37(31)47-17-4-5-27-20-28(29-14-16-41-40(23-29)45-2)9-12-32(27)25-48-39-7-3-6-34(30)43-39/h3,6-14,16,19-21,23,33H,4-5,15,17-18,22,24-25H2,1-2H3. The molecule has 2 aliphatic rings. The molecule has 3 aromatic carbocycles. The number of aromatic nitrogens is 4. The summed E-state index contributed by atoms with van der Waals surface area (Å²) in [6.07, 6.45) is 5.41. The molecule has 0 N–H and O–H groups in total. The molecular weight excluding hydrogens is 600 g/mol. The maximum atomic E-state index is 6.63. The van der Waals surface area contributed by atoms with E-state index < -0.39 is 0 Å². The van der Waals surface area contributed by atoms with E-state index in [-0.39, 0.29) is 6.10 Å². The molecule has 0 aliphatic carbocycles. The first-order valence-electron chi connectivity index (χ1n) is 16.7. The molecule has 8 heteroatoms. The minimum absolute atomic E-state index is 0.225. The first-order valence-corrected chi connectivity index (χ1v) is 16.7. The molecule has 1 saturated heterocycles. The summed E-state index contributed by atoms with van der Waals surface area (Å²) >= 11 is 0. The largest absolute Gasteiger partial charge is 0.493 e. The second-order valence-corrected chi connectivity index (χ2v) is 12.6. The van der Waals surface area contributed by atoms with Crippen LogP contribution < -0.4 is 14.2 Å². The van der Waals surface area contributed by atoms with Gasteiger partial charge in [0, 0.05) is 42.5 Å². The quantitative estimate of drug-likeness (QED) is 0.184. The maximum Gasteiger partial charge on any atom is 0.214 e. The summed E-state index contributed by atoms with van der Waals surface area (Å²) in [5.74, 6) is 3.05. The number of aryl methyl sites for hydroxylation is 2. The van der Waals surface area contributed by atoms with E-state index in [0.29, 0.717) is 31.4 Å². The van der Waals surface area contributed by atoms with Crippen LogP contribution in [0.15, 0.2) is 91.1 Å². The molecule has 48 heavy (non-hydrogen) atoms. The van der Waals surface area contributed by atoms with Crippen molar-refractivity contribution in [1.82, 2.24) is 19.5 Å². The van der Waals surface area contributed by atoms with Crippen molar-refractivity contribution in [2.45, 2.75) is 51.9 Å². The van der Waals surface area contributed by atoms with E-state index in [4.69, 9.17) is 28.9 Å². The molecule has 5 heterocycles. The third-order valence-corrected chi connectivity index (χ3v) is 9.30. The summed E-state index contributed by atoms with van der Waals surface area (Å²) < 4.78 is 26.5. The molecule has 1 fully saturated rings. The monoisotopic (exact) mass is 638 g/mol. The molecule has 2 aliphatic heterocycles. The molecular formula is C40H38N4O4. The molecule has 8 nitrogen and oxygen atoms in total. The van der Waals surface area contributed by atoms with Crippen molar-refractivity contribution in [2.24, 2.45) is 0 Å². The highest BCUT2D eigenvalue weighted by Gasteiger charge is 2.23. The predicted molar refractivity (Wildman–Crippen MR) is 186 cm³/mol. The topological polar surface area (TPSA) is 80.5 Å². The number of benzene rings is 3. The number of methoxy groups -OCH3 is 1. The summed E-state index contributed by atoms with van der Waals surface area (Å²) in [5.41, 5.74) is 10.8. The molecule has 0 saturated carbocycles. The van der Waals surface area contributed by atoms with Gasteiger partial charge in [0.15, 0.2) is 0 Å². The van der Waals surface area contributed by atoms with Gasteiger partial charge in [0.05, 0.1) is 43.1 Å². The summed E-state index contributed by atoms with van der Waals surface area (Å²) in [6.45, 7) is 4.76. The second-order valence-electron chi connectivity index (χ2n) is 12.6. The van der Waals surface area contributed by atoms with E-state index in [0.717, 1.165) is 88.5 Å². The van der Waals surface area contributed by atoms with Crippen LogP contribution in [0.1, 0.15) is 40.9 Å². The van der Waals surface area contributed by atoms with Crippen molar-refractivity contribution >= 4 is 11.0 Å². The fourth-order valence-electron chi connectivity index (χ4n) is 6.55. The van der Waals surface area contributed by atoms with E-state index >= 15 is 0 Å². The highest BCUT2D eigenvalue weighted by atomic mass is 16.5. The lowest BCUT2D eigenvalue weighted by Crippen LogP contribution is -2.31. The molecule has 0 amide bonds. The number of imidazole rings is 1. The van der Waals surface area contributed by atoms with Crippen molar-refractivity contribution < 1.29 is 18.9 Å². The molecule has 0 spiro atoms. The molecule has 4 bridgehead atoms. The Bertz CT molecular complexity index is 2100. The Balaban J connectivity index is 1.12. The van der Waals surface area contributed by atoms with E-state index in [1.807, 2.05) is 30.3 Å². The number of ether oxygens (including phenoxy) is 4. The van der Waals surface area contributed by atoms with Gasteiger partial charge < -0.3 is 23.5 Å². The van der Waals surface area contributed by atoms with Crippen LogP contribution in [0.5, 0.6) is 17.5 Å². The molecule has 1 atom stereocenters. The fourth-order valence-corrected chi connectivity index (χ4v) is 6.55. The smallest absolute Gasteiger partial charge is 0.214 e. The van der Waals surface area contributed by atoms with Crippen molar-refractivity contribution in [1.29, 1.82) is 0 Å². The minimum atomic E-state index is 0.225. The zero-order chi connectivity index (χ0) is 32.5. The fraction of sp³-hybridized carbons (Fsp3) is 0.275. The van der Waals surface area contributed by atoms with Gasteiger partial charge in [-0.2, -0.15) is 0 Å². The minimum Gasteiger partial charge on any atom is -0.493 e. The second kappa shape index (κ2) is 13.1. The first kappa shape index (κ1) is 30.1. The molecule has 8 rings (SSSR count). The normalized spacial score (nSPS) is 15.8. The van der Waals surface area contributed by atoms with Gasteiger partial charge in [-0.25, -0.2) is 15.0 Å². The van der Waals surface area contributed by atoms with E-state index in [9.17, 15) is 0 Å². The van der Waals surface area contributed by atoms with Gasteiger partial charge in [-0.3, -0.25) is 0 Å². The highest BCUT2D eigenvalue weighted by molar-refractivity contribution is 5.77. The van der Waals surface area contributed by atoms with Gasteiger partial charge in [-0.05, 0) is 84.3 Å². The third-order valence-electron chi connectivity index (χ3n) is 9.30. The van der Waals surface area contributed by atoms with Crippen molar-refractivity contribution in [3.63, 3.8) is 0 Å². The van der Waals surface area contributed by atoms with Crippen LogP contribution in [0.2, 0.25) is 0 Å². The van der Waals surface area contributed by atoms with Gasteiger partial charge in [0.25, 0.3) is 0 Å². The summed E-state index contributed by atoms with van der Waals surface area (Å²) in [4.78, 5) is 14.3. The summed E-state index contributed by atoms with van der Waals surface area (Å²) in [7, 11) is 1.64. The number of nitrogens with zero attached hydrogens (tertiary/aromatic N) is 4. The Labute approximate surface area is 280 Å². The van der Waals surface area contributed by atoms with Crippen molar-refractivity contribution in [2.75, 3.05) is 20.3 Å². The Hall–Kier alpha value is -5.21. The summed E-state index contributed by atoms with van der Waals surface area (Å²) in [5, 5.41) is 0. The van der Waals surface area contributed by atoms with Gasteiger partial charge in [-0.1, -0.05) is 42.5 Å². The van der Waals surface area contributed by atoms with E-state index in [1.54, 1.807) is 13.3 Å². The van der Waals surface area contributed by atoms with Crippen LogP contribution in [0.3, 0.4) is 0 Å². The average Bonchev–Trinajstić information content (AvgIpc) is 3.43. The number of rotatable bonds is 6. The van der Waals surface area contributed by atoms with Gasteiger partial charge in [-0.15, -0.1) is 0 Å². The van der Waals surface area contributed by atoms with Gasteiger partial charge >= 0.3 is 0 Å². The van der Waals surface area contributed by atoms with Crippen LogP contribution in [-0.2, 0) is 30.7 Å². The van der Waals surface area contributed by atoms with Crippen molar-refractivity contribution in [3.8, 4) is 39.9 Å². The van der Waals surface area contributed by atoms with Crippen LogP contribution in [-0.4, -0.2) is 45.9 Å². The summed E-state index contributed by atoms with van der Waals surface area (Å²) in [6, 6.07) is 29.3. The molecule has 242 valence electrons. The SMILES string of the molecule is COc1cc(-c2ccc3c(c2)CCCOc2cc(ccc2Cc2nc4ccc(C)cc4n2CC2CCO2)-c2cccc(n2)OC3)ccn1. The average molecular weight is 639 g/mol. The lowest BCUT2D eigenvalue weighted by Gasteiger charge is -2.27. The lowest BCUT2D eigenvalue weighted by atomic mass is 9.97. The molecule has 3 aromatic heterocycles. The molecule has 6 aromatic rings. The maximum absolute atomic E-state index is 6.63. The third kappa shape index (κ3) is 6.23. The van der Waals surface area contributed by atoms with Crippen LogP contribution >= 0.6 is 0 Å². The molecule has 0 radical (unpaired) electrons.